The van der Waals surface area contributed by atoms with Crippen LogP contribution in [-0.2, 0) is 4.74 Å². The van der Waals surface area contributed by atoms with E-state index in [1.165, 1.54) is 12.8 Å². The van der Waals surface area contributed by atoms with Gasteiger partial charge in [-0.2, -0.15) is 0 Å². The van der Waals surface area contributed by atoms with Gasteiger partial charge in [-0.25, -0.2) is 0 Å². The highest BCUT2D eigenvalue weighted by molar-refractivity contribution is 5.20. The Balaban J connectivity index is 1.81. The Kier molecular flexibility index (Phi) is 3.04. The van der Waals surface area contributed by atoms with E-state index in [0.29, 0.717) is 6.61 Å². The zero-order valence-electron chi connectivity index (χ0n) is 8.40. The minimum atomic E-state index is 0.263. The van der Waals surface area contributed by atoms with Crippen molar-refractivity contribution in [1.29, 1.82) is 0 Å². The van der Waals surface area contributed by atoms with Gasteiger partial charge in [-0.15, -0.1) is 0 Å². The summed E-state index contributed by atoms with van der Waals surface area (Å²) in [5.41, 5.74) is 0. The largest absolute Gasteiger partial charge is 0.491 e. The summed E-state index contributed by atoms with van der Waals surface area (Å²) in [5, 5.41) is 0. The average molecular weight is 191 g/mol. The fourth-order valence-corrected chi connectivity index (χ4v) is 1.51. The van der Waals surface area contributed by atoms with Crippen molar-refractivity contribution in [3.05, 3.63) is 30.3 Å². The lowest BCUT2D eigenvalue weighted by atomic mass is 10.2. The van der Waals surface area contributed by atoms with Crippen LogP contribution in [0.15, 0.2) is 24.3 Å². The van der Waals surface area contributed by atoms with E-state index in [1.54, 1.807) is 7.11 Å². The summed E-state index contributed by atoms with van der Waals surface area (Å²) in [4.78, 5) is 0. The molecule has 1 aromatic rings. The molecule has 0 heterocycles. The van der Waals surface area contributed by atoms with E-state index in [9.17, 15) is 0 Å². The van der Waals surface area contributed by atoms with E-state index in [4.69, 9.17) is 9.47 Å². The van der Waals surface area contributed by atoms with Crippen LogP contribution in [0.4, 0.5) is 0 Å². The molecule has 0 N–H and O–H groups in total. The van der Waals surface area contributed by atoms with Gasteiger partial charge >= 0.3 is 0 Å². The summed E-state index contributed by atoms with van der Waals surface area (Å²) in [7, 11) is 1.76. The minimum absolute atomic E-state index is 0.263. The molecule has 1 aromatic carbocycles. The molecule has 2 nitrogen and oxygen atoms in total. The smallest absolute Gasteiger partial charge is 0.119 e. The van der Waals surface area contributed by atoms with E-state index >= 15 is 0 Å². The average Bonchev–Trinajstić information content (AvgIpc) is 3.05. The monoisotopic (exact) mass is 191 g/mol. The lowest BCUT2D eigenvalue weighted by molar-refractivity contribution is 0.0425. The zero-order chi connectivity index (χ0) is 9.80. The third-order valence-corrected chi connectivity index (χ3v) is 2.55. The van der Waals surface area contributed by atoms with Crippen LogP contribution in [0.2, 0.25) is 0 Å². The van der Waals surface area contributed by atoms with E-state index in [1.807, 2.05) is 24.3 Å². The number of methoxy groups -OCH3 is 1. The Hall–Kier alpha value is -1.02. The first kappa shape index (κ1) is 9.53. The van der Waals surface area contributed by atoms with Gasteiger partial charge in [0.1, 0.15) is 12.4 Å². The van der Waals surface area contributed by atoms with Crippen molar-refractivity contribution in [2.24, 2.45) is 5.92 Å². The molecule has 1 fully saturated rings. The molecule has 0 saturated heterocycles. The highest BCUT2D eigenvalue weighted by Gasteiger charge is 2.31. The maximum Gasteiger partial charge on any atom is 0.119 e. The number of benzene rings is 1. The zero-order valence-corrected chi connectivity index (χ0v) is 8.40. The van der Waals surface area contributed by atoms with Gasteiger partial charge in [0.15, 0.2) is 0 Å². The Morgan fingerprint density at radius 3 is 2.71 bits per heavy atom. The second-order valence-electron chi connectivity index (χ2n) is 3.66. The van der Waals surface area contributed by atoms with Crippen LogP contribution >= 0.6 is 0 Å². The topological polar surface area (TPSA) is 18.5 Å². The second kappa shape index (κ2) is 4.47. The van der Waals surface area contributed by atoms with Crippen molar-refractivity contribution in [3.8, 4) is 5.75 Å². The third-order valence-electron chi connectivity index (χ3n) is 2.55. The Morgan fingerprint density at radius 1 is 1.43 bits per heavy atom. The lowest BCUT2D eigenvalue weighted by Crippen LogP contribution is -2.22. The molecule has 1 saturated carbocycles. The van der Waals surface area contributed by atoms with Crippen LogP contribution < -0.4 is 4.74 Å². The Morgan fingerprint density at radius 2 is 2.14 bits per heavy atom. The minimum Gasteiger partial charge on any atom is -0.491 e. The van der Waals surface area contributed by atoms with Gasteiger partial charge in [-0.1, -0.05) is 12.1 Å². The number of hydrogen-bond acceptors (Lipinski definition) is 2. The first-order chi connectivity index (χ1) is 6.90. The summed E-state index contributed by atoms with van der Waals surface area (Å²) >= 11 is 0. The Bertz CT molecular complexity index is 267. The third kappa shape index (κ3) is 2.48. The molecular weight excluding hydrogens is 176 g/mol. The van der Waals surface area contributed by atoms with Crippen molar-refractivity contribution in [1.82, 2.24) is 0 Å². The van der Waals surface area contributed by atoms with E-state index in [0.717, 1.165) is 11.7 Å². The summed E-state index contributed by atoms with van der Waals surface area (Å²) < 4.78 is 11.0. The molecule has 0 bridgehead atoms. The number of hydrogen-bond donors (Lipinski definition) is 0. The first-order valence-corrected chi connectivity index (χ1v) is 5.02. The van der Waals surface area contributed by atoms with Gasteiger partial charge in [0, 0.05) is 7.11 Å². The van der Waals surface area contributed by atoms with Crippen LogP contribution in [0.25, 0.3) is 0 Å². The van der Waals surface area contributed by atoms with Gasteiger partial charge < -0.3 is 9.47 Å². The van der Waals surface area contributed by atoms with Gasteiger partial charge in [-0.3, -0.25) is 0 Å². The second-order valence-corrected chi connectivity index (χ2v) is 3.66. The number of ether oxygens (including phenoxy) is 2. The molecule has 0 amide bonds. The van der Waals surface area contributed by atoms with Crippen molar-refractivity contribution < 1.29 is 9.47 Å². The molecule has 75 valence electrons. The molecule has 0 spiro atoms. The molecule has 0 aromatic heterocycles. The van der Waals surface area contributed by atoms with Gasteiger partial charge in [-0.05, 0) is 37.0 Å². The van der Waals surface area contributed by atoms with Gasteiger partial charge in [0.05, 0.1) is 6.10 Å². The fraction of sp³-hybridized carbons (Fsp3) is 0.500. The highest BCUT2D eigenvalue weighted by atomic mass is 16.5. The van der Waals surface area contributed by atoms with Crippen molar-refractivity contribution >= 4 is 0 Å². The van der Waals surface area contributed by atoms with Crippen molar-refractivity contribution in [3.63, 3.8) is 0 Å². The molecule has 2 heteroatoms. The maximum atomic E-state index is 5.62. The van der Waals surface area contributed by atoms with E-state index < -0.39 is 0 Å². The fourth-order valence-electron chi connectivity index (χ4n) is 1.51. The quantitative estimate of drug-likeness (QED) is 0.711. The predicted molar refractivity (Wildman–Crippen MR) is 54.3 cm³/mol. The predicted octanol–water partition coefficient (Wildman–Crippen LogP) is 2.29. The standard InChI is InChI=1S/C12H15O2/c1-13-12(10-7-8-10)9-14-11-5-3-2-4-6-11/h3-6,10,12H,7-9H2,1H3. The molecule has 1 aliphatic rings. The first-order valence-electron chi connectivity index (χ1n) is 5.02. The van der Waals surface area contributed by atoms with Gasteiger partial charge in [0.25, 0.3) is 0 Å². The van der Waals surface area contributed by atoms with E-state index in [-0.39, 0.29) is 6.10 Å². The maximum absolute atomic E-state index is 5.62. The molecule has 1 unspecified atom stereocenters. The molecular formula is C12H15O2. The molecule has 14 heavy (non-hydrogen) atoms. The summed E-state index contributed by atoms with van der Waals surface area (Å²) in [6.07, 6.45) is 2.83. The summed E-state index contributed by atoms with van der Waals surface area (Å²) in [5.74, 6) is 1.61. The van der Waals surface area contributed by atoms with Crippen molar-refractivity contribution in [2.75, 3.05) is 13.7 Å². The SMILES string of the molecule is COC(COc1cc[c]cc1)C1CC1. The lowest BCUT2D eigenvalue weighted by Gasteiger charge is -2.15. The Labute approximate surface area is 84.8 Å². The van der Waals surface area contributed by atoms with Crippen LogP contribution in [-0.4, -0.2) is 19.8 Å². The normalized spacial score (nSPS) is 17.8. The van der Waals surface area contributed by atoms with Crippen LogP contribution in [0, 0.1) is 12.0 Å². The number of rotatable bonds is 5. The van der Waals surface area contributed by atoms with Crippen LogP contribution in [0.5, 0.6) is 5.75 Å². The van der Waals surface area contributed by atoms with Gasteiger partial charge in [0.2, 0.25) is 0 Å². The highest BCUT2D eigenvalue weighted by Crippen LogP contribution is 2.34. The molecule has 1 atom stereocenters. The van der Waals surface area contributed by atoms with Crippen LogP contribution in [0.3, 0.4) is 0 Å². The summed E-state index contributed by atoms with van der Waals surface area (Å²) in [6.45, 7) is 0.658. The molecule has 1 radical (unpaired) electrons. The van der Waals surface area contributed by atoms with Crippen molar-refractivity contribution in [2.45, 2.75) is 18.9 Å². The molecule has 2 rings (SSSR count). The molecule has 1 aliphatic carbocycles. The molecule has 0 aliphatic heterocycles. The van der Waals surface area contributed by atoms with E-state index in [2.05, 4.69) is 6.07 Å². The van der Waals surface area contributed by atoms with Crippen LogP contribution in [0.1, 0.15) is 12.8 Å². The summed E-state index contributed by atoms with van der Waals surface area (Å²) in [6, 6.07) is 10.5.